The van der Waals surface area contributed by atoms with E-state index in [4.69, 9.17) is 0 Å². The number of para-hydroxylation sites is 2. The molecule has 6 heteroatoms. The van der Waals surface area contributed by atoms with E-state index >= 15 is 0 Å². The molecule has 4 heterocycles. The maximum absolute atomic E-state index is 4.39. The van der Waals surface area contributed by atoms with Crippen LogP contribution in [0.2, 0.25) is 0 Å². The summed E-state index contributed by atoms with van der Waals surface area (Å²) in [6.45, 7) is -0.0789. The number of aromatic nitrogens is 2. The van der Waals surface area contributed by atoms with Gasteiger partial charge < -0.3 is 14.7 Å². The summed E-state index contributed by atoms with van der Waals surface area (Å²) in [7, 11) is 0. The lowest BCUT2D eigenvalue weighted by Crippen LogP contribution is -2.61. The number of pyridine rings is 2. The highest BCUT2D eigenvalue weighted by atomic mass is 15.2. The molecule has 13 rings (SSSR count). The van der Waals surface area contributed by atoms with E-state index in [1.54, 1.807) is 0 Å². The van der Waals surface area contributed by atoms with E-state index in [1.165, 1.54) is 27.5 Å². The van der Waals surface area contributed by atoms with Crippen LogP contribution in [0.1, 0.15) is 0 Å². The zero-order valence-corrected chi connectivity index (χ0v) is 38.2. The normalized spacial score (nSPS) is 12.2. The molecule has 0 saturated heterocycles. The highest BCUT2D eigenvalue weighted by molar-refractivity contribution is 7.00. The molecule has 5 nitrogen and oxygen atoms in total. The van der Waals surface area contributed by atoms with Gasteiger partial charge in [-0.1, -0.05) is 133 Å². The van der Waals surface area contributed by atoms with Gasteiger partial charge in [-0.15, -0.1) is 0 Å². The van der Waals surface area contributed by atoms with Gasteiger partial charge in [0.25, 0.3) is 6.71 Å². The zero-order chi connectivity index (χ0) is 46.4. The van der Waals surface area contributed by atoms with Crippen molar-refractivity contribution in [1.29, 1.82) is 0 Å². The number of hydrogen-bond acceptors (Lipinski definition) is 5. The minimum Gasteiger partial charge on any atom is -0.311 e. The quantitative estimate of drug-likeness (QED) is 0.135. The maximum atomic E-state index is 4.39. The Hall–Kier alpha value is -9.26. The van der Waals surface area contributed by atoms with Gasteiger partial charge in [0.2, 0.25) is 0 Å². The fourth-order valence-corrected chi connectivity index (χ4v) is 10.6. The van der Waals surface area contributed by atoms with Gasteiger partial charge in [-0.25, -0.2) is 0 Å². The smallest absolute Gasteiger partial charge is 0.252 e. The monoisotopic (exact) mass is 893 g/mol. The summed E-state index contributed by atoms with van der Waals surface area (Å²) in [6.07, 6.45) is 7.49. The van der Waals surface area contributed by atoms with Crippen LogP contribution in [0.4, 0.5) is 51.2 Å². The molecule has 0 atom stereocenters. The van der Waals surface area contributed by atoms with Gasteiger partial charge in [0.05, 0.1) is 0 Å². The van der Waals surface area contributed by atoms with Gasteiger partial charge in [-0.05, 0) is 170 Å². The maximum Gasteiger partial charge on any atom is 0.252 e. The van der Waals surface area contributed by atoms with Crippen LogP contribution in [0.25, 0.3) is 44.5 Å². The van der Waals surface area contributed by atoms with Gasteiger partial charge in [0.15, 0.2) is 0 Å². The van der Waals surface area contributed by atoms with E-state index in [-0.39, 0.29) is 6.71 Å². The second-order valence-corrected chi connectivity index (χ2v) is 17.9. The van der Waals surface area contributed by atoms with Gasteiger partial charge in [-0.2, -0.15) is 0 Å². The third-order valence-corrected chi connectivity index (χ3v) is 13.8. The van der Waals surface area contributed by atoms with Crippen molar-refractivity contribution in [2.75, 3.05) is 14.7 Å². The molecule has 0 unspecified atom stereocenters. The fraction of sp³-hybridized carbons (Fsp3) is 0. The summed E-state index contributed by atoms with van der Waals surface area (Å²) in [4.78, 5) is 16.2. The lowest BCUT2D eigenvalue weighted by atomic mass is 9.33. The van der Waals surface area contributed by atoms with Crippen LogP contribution < -0.4 is 31.1 Å². The van der Waals surface area contributed by atoms with Crippen LogP contribution in [0.5, 0.6) is 0 Å². The third-order valence-electron chi connectivity index (χ3n) is 13.8. The number of rotatable bonds is 9. The Balaban J connectivity index is 1.09. The molecule has 2 aliphatic heterocycles. The number of fused-ring (bicyclic) bond motifs is 4. The molecule has 0 bridgehead atoms. The zero-order valence-electron chi connectivity index (χ0n) is 38.2. The molecule has 0 aliphatic carbocycles. The molecule has 0 fully saturated rings. The molecule has 70 heavy (non-hydrogen) atoms. The lowest BCUT2D eigenvalue weighted by Gasteiger charge is -2.44. The Morgan fingerprint density at radius 2 is 0.729 bits per heavy atom. The van der Waals surface area contributed by atoms with E-state index in [9.17, 15) is 0 Å². The highest BCUT2D eigenvalue weighted by Gasteiger charge is 2.43. The Kier molecular flexibility index (Phi) is 10.2. The van der Waals surface area contributed by atoms with Gasteiger partial charge in [0.1, 0.15) is 0 Å². The molecule has 0 N–H and O–H groups in total. The molecular formula is C64H44BN5. The Labute approximate surface area is 409 Å². The van der Waals surface area contributed by atoms with Crippen LogP contribution in [0.3, 0.4) is 0 Å². The fourth-order valence-electron chi connectivity index (χ4n) is 10.6. The Morgan fingerprint density at radius 3 is 1.30 bits per heavy atom. The first-order valence-electron chi connectivity index (χ1n) is 23.8. The van der Waals surface area contributed by atoms with Crippen molar-refractivity contribution in [3.05, 3.63) is 267 Å². The molecule has 2 aromatic heterocycles. The van der Waals surface area contributed by atoms with Crippen molar-refractivity contribution in [3.63, 3.8) is 0 Å². The summed E-state index contributed by atoms with van der Waals surface area (Å²) in [5, 5.41) is 0. The lowest BCUT2D eigenvalue weighted by molar-refractivity contribution is 1.24. The summed E-state index contributed by atoms with van der Waals surface area (Å²) >= 11 is 0. The first-order chi connectivity index (χ1) is 34.7. The van der Waals surface area contributed by atoms with Crippen molar-refractivity contribution >= 4 is 74.3 Å². The largest absolute Gasteiger partial charge is 0.311 e. The van der Waals surface area contributed by atoms with Crippen molar-refractivity contribution < 1.29 is 0 Å². The van der Waals surface area contributed by atoms with E-state index in [1.807, 2.05) is 24.8 Å². The van der Waals surface area contributed by atoms with Crippen molar-refractivity contribution in [2.45, 2.75) is 0 Å². The Bertz CT molecular complexity index is 3570. The minimum atomic E-state index is -0.0789. The molecule has 0 radical (unpaired) electrons. The third kappa shape index (κ3) is 7.22. The summed E-state index contributed by atoms with van der Waals surface area (Å²) in [5.74, 6) is 0. The second-order valence-electron chi connectivity index (χ2n) is 17.9. The van der Waals surface area contributed by atoms with Crippen molar-refractivity contribution in [3.8, 4) is 44.5 Å². The van der Waals surface area contributed by atoms with Crippen LogP contribution in [0.15, 0.2) is 267 Å². The second kappa shape index (κ2) is 17.4. The predicted octanol–water partition coefficient (Wildman–Crippen LogP) is 14.7. The van der Waals surface area contributed by atoms with Gasteiger partial charge in [0, 0.05) is 76.0 Å². The average Bonchev–Trinajstić information content (AvgIpc) is 3.44. The van der Waals surface area contributed by atoms with E-state index in [0.29, 0.717) is 0 Å². The molecule has 9 aromatic carbocycles. The molecule has 0 saturated carbocycles. The van der Waals surface area contributed by atoms with Crippen LogP contribution in [-0.2, 0) is 0 Å². The van der Waals surface area contributed by atoms with Crippen LogP contribution >= 0.6 is 0 Å². The summed E-state index contributed by atoms with van der Waals surface area (Å²) in [5.41, 5.74) is 22.8. The minimum absolute atomic E-state index is 0.0789. The number of benzene rings is 9. The van der Waals surface area contributed by atoms with Gasteiger partial charge in [-0.3, -0.25) is 9.97 Å². The number of anilines is 9. The van der Waals surface area contributed by atoms with Crippen LogP contribution in [0, 0.1) is 0 Å². The molecule has 328 valence electrons. The first-order valence-corrected chi connectivity index (χ1v) is 23.8. The molecule has 0 amide bonds. The summed E-state index contributed by atoms with van der Waals surface area (Å²) < 4.78 is 0. The molecule has 0 spiro atoms. The molecule has 2 aliphatic rings. The van der Waals surface area contributed by atoms with Crippen molar-refractivity contribution in [2.24, 2.45) is 0 Å². The number of nitrogens with zero attached hydrogens (tertiary/aromatic N) is 5. The SMILES string of the molecule is c1ccc(-c2cccc(N3c4cc(N(c5ccccc5)c5ccccc5)ccc4B4c5ccc(-c6ccccc6)cc5N(c5cc(-c6ccncc6)cc(-c6ccncc6)c5)c5cccc3c54)c2)cc1. The number of hydrogen-bond donors (Lipinski definition) is 0. The molecular weight excluding hydrogens is 850 g/mol. The standard InChI is InChI=1S/C64H44BN5/c1-5-15-45(16-6-1)49-19-13-24-55(40-49)69-60-25-14-26-61-64(60)65(59-30-28-56(44-63(59)69)68(53-20-9-3-10-21-53)54-22-11-4-12-23-54)58-29-27-50(46-17-7-2-8-18-46)43-62(58)70(61)57-41-51(47-31-35-66-36-32-47)39-52(42-57)48-33-37-67-38-34-48/h1-44H. The van der Waals surface area contributed by atoms with Crippen molar-refractivity contribution in [1.82, 2.24) is 9.97 Å². The Morgan fingerprint density at radius 1 is 0.286 bits per heavy atom. The van der Waals surface area contributed by atoms with E-state index in [2.05, 4.69) is 267 Å². The van der Waals surface area contributed by atoms with Crippen LogP contribution in [-0.4, -0.2) is 16.7 Å². The van der Waals surface area contributed by atoms with Gasteiger partial charge >= 0.3 is 0 Å². The topological polar surface area (TPSA) is 35.5 Å². The predicted molar refractivity (Wildman–Crippen MR) is 292 cm³/mol. The van der Waals surface area contributed by atoms with E-state index < -0.39 is 0 Å². The first kappa shape index (κ1) is 41.0. The average molecular weight is 894 g/mol. The highest BCUT2D eigenvalue weighted by Crippen LogP contribution is 2.48. The molecule has 11 aromatic rings. The summed E-state index contributed by atoms with van der Waals surface area (Å²) in [6, 6.07) is 88.3. The van der Waals surface area contributed by atoms with E-state index in [0.717, 1.165) is 84.6 Å².